The molecule has 0 saturated carbocycles. The van der Waals surface area contributed by atoms with E-state index >= 15 is 0 Å². The molecule has 36 heavy (non-hydrogen) atoms. The van der Waals surface area contributed by atoms with Crippen LogP contribution < -0.4 is 9.04 Å². The first-order valence-corrected chi connectivity index (χ1v) is 13.4. The fourth-order valence-corrected chi connectivity index (χ4v) is 5.73. The van der Waals surface area contributed by atoms with Crippen molar-refractivity contribution in [2.75, 3.05) is 24.0 Å². The Morgan fingerprint density at radius 2 is 1.83 bits per heavy atom. The summed E-state index contributed by atoms with van der Waals surface area (Å²) < 4.78 is 62.8. The molecule has 1 unspecified atom stereocenters. The Hall–Kier alpha value is -2.72. The molecule has 1 atom stereocenters. The number of aliphatic hydroxyl groups excluding tert-OH is 1. The van der Waals surface area contributed by atoms with Crippen molar-refractivity contribution in [2.24, 2.45) is 0 Å². The summed E-state index contributed by atoms with van der Waals surface area (Å²) in [6, 6.07) is 15.0. The zero-order valence-electron chi connectivity index (χ0n) is 19.5. The molecule has 1 fully saturated rings. The van der Waals surface area contributed by atoms with Gasteiger partial charge in [-0.1, -0.05) is 29.8 Å². The van der Waals surface area contributed by atoms with E-state index in [1.165, 1.54) is 24.3 Å². The molecule has 3 aromatic rings. The van der Waals surface area contributed by atoms with Gasteiger partial charge in [0, 0.05) is 29.7 Å². The molecule has 0 radical (unpaired) electrons. The topological polar surface area (TPSA) is 70.1 Å². The summed E-state index contributed by atoms with van der Waals surface area (Å²) in [4.78, 5) is 1.88. The highest BCUT2D eigenvalue weighted by molar-refractivity contribution is 7.92. The lowest BCUT2D eigenvalue weighted by atomic mass is 10.2. The van der Waals surface area contributed by atoms with Crippen LogP contribution in [0.4, 0.5) is 14.5 Å². The molecule has 3 aromatic carbocycles. The van der Waals surface area contributed by atoms with E-state index in [1.54, 1.807) is 24.3 Å². The van der Waals surface area contributed by atoms with Crippen LogP contribution in [0.1, 0.15) is 24.8 Å². The van der Waals surface area contributed by atoms with E-state index in [1.807, 2.05) is 4.90 Å². The number of halogens is 3. The third-order valence-electron chi connectivity index (χ3n) is 6.04. The van der Waals surface area contributed by atoms with E-state index < -0.39 is 33.6 Å². The quantitative estimate of drug-likeness (QED) is 0.361. The minimum atomic E-state index is -4.29. The molecule has 6 nitrogen and oxygen atoms in total. The SMILES string of the molecule is O=S(=O)(c1ccc(Cl)cc1)N(Cc1ccccc1OCCCN1CCCC1O)c1cc(F)ccc1F. The summed E-state index contributed by atoms with van der Waals surface area (Å²) in [5.41, 5.74) is 0.0719. The van der Waals surface area contributed by atoms with Crippen molar-refractivity contribution >= 4 is 27.3 Å². The minimum absolute atomic E-state index is 0.113. The van der Waals surface area contributed by atoms with Crippen molar-refractivity contribution in [1.29, 1.82) is 0 Å². The number of hydrogen-bond donors (Lipinski definition) is 1. The number of likely N-dealkylation sites (tertiary alicyclic amines) is 1. The number of nitrogens with zero attached hydrogens (tertiary/aromatic N) is 2. The lowest BCUT2D eigenvalue weighted by Crippen LogP contribution is -2.32. The highest BCUT2D eigenvalue weighted by atomic mass is 35.5. The number of aliphatic hydroxyl groups is 1. The molecule has 1 saturated heterocycles. The zero-order valence-corrected chi connectivity index (χ0v) is 21.1. The molecule has 0 amide bonds. The largest absolute Gasteiger partial charge is 0.493 e. The van der Waals surface area contributed by atoms with Crippen LogP contribution in [0.25, 0.3) is 0 Å². The molecule has 192 valence electrons. The van der Waals surface area contributed by atoms with E-state index in [2.05, 4.69) is 0 Å². The highest BCUT2D eigenvalue weighted by Crippen LogP contribution is 2.32. The molecule has 1 aliphatic heterocycles. The van der Waals surface area contributed by atoms with E-state index in [4.69, 9.17) is 16.3 Å². The van der Waals surface area contributed by atoms with Crippen LogP contribution in [0.2, 0.25) is 5.02 Å². The van der Waals surface area contributed by atoms with E-state index in [-0.39, 0.29) is 11.4 Å². The molecule has 0 aliphatic carbocycles. The number of hydrogen-bond acceptors (Lipinski definition) is 5. The first-order chi connectivity index (χ1) is 17.3. The Balaban J connectivity index is 1.60. The van der Waals surface area contributed by atoms with Crippen LogP contribution in [0.15, 0.2) is 71.6 Å². The highest BCUT2D eigenvalue weighted by Gasteiger charge is 2.29. The second kappa shape index (κ2) is 11.6. The molecule has 0 spiro atoms. The normalized spacial score (nSPS) is 16.3. The van der Waals surface area contributed by atoms with Crippen molar-refractivity contribution in [3.05, 3.63) is 89.0 Å². The first-order valence-electron chi connectivity index (χ1n) is 11.6. The van der Waals surface area contributed by atoms with Crippen molar-refractivity contribution in [2.45, 2.75) is 36.9 Å². The summed E-state index contributed by atoms with van der Waals surface area (Å²) in [5.74, 6) is -1.21. The van der Waals surface area contributed by atoms with Gasteiger partial charge in [0.05, 0.1) is 23.7 Å². The van der Waals surface area contributed by atoms with Crippen LogP contribution in [-0.2, 0) is 16.6 Å². The fraction of sp³-hybridized carbons (Fsp3) is 0.308. The third kappa shape index (κ3) is 6.15. The number of benzene rings is 3. The molecule has 10 heteroatoms. The van der Waals surface area contributed by atoms with Crippen LogP contribution in [0.5, 0.6) is 5.75 Å². The smallest absolute Gasteiger partial charge is 0.264 e. The van der Waals surface area contributed by atoms with Gasteiger partial charge in [0.25, 0.3) is 10.0 Å². The number of rotatable bonds is 10. The molecule has 1 heterocycles. The van der Waals surface area contributed by atoms with Gasteiger partial charge in [0.15, 0.2) is 0 Å². The molecule has 1 N–H and O–H groups in total. The van der Waals surface area contributed by atoms with Crippen LogP contribution in [0, 0.1) is 11.6 Å². The number of ether oxygens (including phenoxy) is 1. The molecular weight excluding hydrogens is 510 g/mol. The number of para-hydroxylation sites is 1. The molecule has 0 bridgehead atoms. The van der Waals surface area contributed by atoms with Gasteiger partial charge in [-0.25, -0.2) is 17.2 Å². The molecule has 4 rings (SSSR count). The molecule has 1 aliphatic rings. The van der Waals surface area contributed by atoms with Crippen LogP contribution in [-0.4, -0.2) is 44.3 Å². The maximum absolute atomic E-state index is 14.8. The van der Waals surface area contributed by atoms with E-state index in [0.717, 1.165) is 41.9 Å². The zero-order chi connectivity index (χ0) is 25.7. The second-order valence-electron chi connectivity index (χ2n) is 8.53. The minimum Gasteiger partial charge on any atom is -0.493 e. The van der Waals surface area contributed by atoms with Crippen LogP contribution >= 0.6 is 11.6 Å². The van der Waals surface area contributed by atoms with Gasteiger partial charge < -0.3 is 9.84 Å². The predicted molar refractivity (Wildman–Crippen MR) is 135 cm³/mol. The monoisotopic (exact) mass is 536 g/mol. The van der Waals surface area contributed by atoms with Crippen molar-refractivity contribution in [3.8, 4) is 5.75 Å². The van der Waals surface area contributed by atoms with Gasteiger partial charge in [0.2, 0.25) is 0 Å². The Bertz CT molecular complexity index is 1290. The maximum Gasteiger partial charge on any atom is 0.264 e. The van der Waals surface area contributed by atoms with Gasteiger partial charge in [-0.2, -0.15) is 0 Å². The second-order valence-corrected chi connectivity index (χ2v) is 10.8. The van der Waals surface area contributed by atoms with Gasteiger partial charge in [-0.3, -0.25) is 9.21 Å². The lowest BCUT2D eigenvalue weighted by molar-refractivity contribution is 0.0353. The number of anilines is 1. The Morgan fingerprint density at radius 1 is 1.08 bits per heavy atom. The number of sulfonamides is 1. The van der Waals surface area contributed by atoms with Gasteiger partial charge in [-0.15, -0.1) is 0 Å². The summed E-state index contributed by atoms with van der Waals surface area (Å²) in [6.45, 7) is 1.58. The standard InChI is InChI=1S/C26H27ClF2N2O4S/c27-20-8-11-22(12-9-20)36(33,34)31(24-17-21(28)10-13-23(24)29)18-19-5-1-2-6-25(19)35-16-4-15-30-14-3-7-26(30)32/h1-2,5-6,8-13,17,26,32H,3-4,7,14-16,18H2. The lowest BCUT2D eigenvalue weighted by Gasteiger charge is -2.26. The van der Waals surface area contributed by atoms with Crippen molar-refractivity contribution < 1.29 is 27.0 Å². The summed E-state index contributed by atoms with van der Waals surface area (Å²) >= 11 is 5.91. The average molecular weight is 537 g/mol. The van der Waals surface area contributed by atoms with Gasteiger partial charge >= 0.3 is 0 Å². The predicted octanol–water partition coefficient (Wildman–Crippen LogP) is 5.20. The Labute approximate surface area is 214 Å². The molecule has 0 aromatic heterocycles. The Morgan fingerprint density at radius 3 is 2.56 bits per heavy atom. The van der Waals surface area contributed by atoms with Crippen molar-refractivity contribution in [3.63, 3.8) is 0 Å². The molecular formula is C26H27ClF2N2O4S. The van der Waals surface area contributed by atoms with Gasteiger partial charge in [-0.05, 0) is 61.7 Å². The van der Waals surface area contributed by atoms with Gasteiger partial charge in [0.1, 0.15) is 23.6 Å². The Kier molecular flexibility index (Phi) is 8.46. The summed E-state index contributed by atoms with van der Waals surface area (Å²) in [5, 5.41) is 10.3. The summed E-state index contributed by atoms with van der Waals surface area (Å²) in [7, 11) is -4.29. The summed E-state index contributed by atoms with van der Waals surface area (Å²) in [6.07, 6.45) is 1.96. The first kappa shape index (κ1) is 26.3. The maximum atomic E-state index is 14.8. The average Bonchev–Trinajstić information content (AvgIpc) is 3.27. The van der Waals surface area contributed by atoms with E-state index in [0.29, 0.717) is 35.9 Å². The van der Waals surface area contributed by atoms with Crippen molar-refractivity contribution in [1.82, 2.24) is 4.90 Å². The van der Waals surface area contributed by atoms with E-state index in [9.17, 15) is 22.3 Å². The fourth-order valence-electron chi connectivity index (χ4n) is 4.16. The third-order valence-corrected chi connectivity index (χ3v) is 8.07. The van der Waals surface area contributed by atoms with Crippen LogP contribution in [0.3, 0.4) is 0 Å².